The predicted octanol–water partition coefficient (Wildman–Crippen LogP) is 3.88. The van der Waals surface area contributed by atoms with E-state index in [0.717, 1.165) is 68.8 Å². The fraction of sp³-hybridized carbons (Fsp3) is 0.500. The SMILES string of the molecule is CCN(C[C@@H]1CCCN(CCc2cccc(F)c2)C1)C(=O)c1cc[nH]c1C. The third kappa shape index (κ3) is 5.19. The van der Waals surface area contributed by atoms with Crippen molar-refractivity contribution in [2.45, 2.75) is 33.1 Å². The Morgan fingerprint density at radius 2 is 2.22 bits per heavy atom. The van der Waals surface area contributed by atoms with Gasteiger partial charge in [-0.15, -0.1) is 0 Å². The number of H-pyrrole nitrogens is 1. The van der Waals surface area contributed by atoms with Gasteiger partial charge in [0.25, 0.3) is 5.91 Å². The number of piperidine rings is 1. The summed E-state index contributed by atoms with van der Waals surface area (Å²) in [6.07, 6.45) is 5.00. The molecule has 0 spiro atoms. The van der Waals surface area contributed by atoms with Crippen molar-refractivity contribution in [3.63, 3.8) is 0 Å². The van der Waals surface area contributed by atoms with E-state index in [2.05, 4.69) is 9.88 Å². The first-order valence-electron chi connectivity index (χ1n) is 9.97. The van der Waals surface area contributed by atoms with Gasteiger partial charge in [-0.1, -0.05) is 12.1 Å². The molecule has 0 aliphatic carbocycles. The second-order valence-corrected chi connectivity index (χ2v) is 7.55. The highest BCUT2D eigenvalue weighted by Crippen LogP contribution is 2.20. The number of amides is 1. The standard InChI is InChI=1S/C22H30FN3O/c1-3-26(22(27)21-9-11-24-17(21)2)16-19-7-5-12-25(15-19)13-10-18-6-4-8-20(23)14-18/h4,6,8-9,11,14,19,24H,3,5,7,10,12-13,15-16H2,1-2H3/t19-/m1/s1. The molecule has 2 heterocycles. The second-order valence-electron chi connectivity index (χ2n) is 7.55. The molecule has 0 unspecified atom stereocenters. The molecule has 1 fully saturated rings. The molecule has 0 radical (unpaired) electrons. The molecule has 27 heavy (non-hydrogen) atoms. The van der Waals surface area contributed by atoms with Crippen LogP contribution in [-0.2, 0) is 6.42 Å². The van der Waals surface area contributed by atoms with Crippen LogP contribution in [0.3, 0.4) is 0 Å². The van der Waals surface area contributed by atoms with Gasteiger partial charge >= 0.3 is 0 Å². The van der Waals surface area contributed by atoms with Gasteiger partial charge in [-0.2, -0.15) is 0 Å². The summed E-state index contributed by atoms with van der Waals surface area (Å²) < 4.78 is 13.3. The molecule has 3 rings (SSSR count). The number of hydrogen-bond acceptors (Lipinski definition) is 2. The molecular formula is C22H30FN3O. The van der Waals surface area contributed by atoms with Crippen LogP contribution in [0.25, 0.3) is 0 Å². The van der Waals surface area contributed by atoms with Gasteiger partial charge in [0.2, 0.25) is 0 Å². The minimum atomic E-state index is -0.166. The molecule has 1 aliphatic heterocycles. The first kappa shape index (κ1) is 19.6. The number of rotatable bonds is 7. The Labute approximate surface area is 161 Å². The molecule has 2 aromatic rings. The van der Waals surface area contributed by atoms with Gasteiger partial charge in [-0.25, -0.2) is 4.39 Å². The topological polar surface area (TPSA) is 39.3 Å². The summed E-state index contributed by atoms with van der Waals surface area (Å²) in [5.41, 5.74) is 2.75. The molecule has 0 bridgehead atoms. The van der Waals surface area contributed by atoms with E-state index in [0.29, 0.717) is 5.92 Å². The van der Waals surface area contributed by atoms with Crippen molar-refractivity contribution in [1.29, 1.82) is 0 Å². The van der Waals surface area contributed by atoms with Crippen molar-refractivity contribution in [1.82, 2.24) is 14.8 Å². The number of nitrogens with zero attached hydrogens (tertiary/aromatic N) is 2. The van der Waals surface area contributed by atoms with Crippen LogP contribution in [0.15, 0.2) is 36.5 Å². The van der Waals surface area contributed by atoms with Crippen LogP contribution in [0.2, 0.25) is 0 Å². The van der Waals surface area contributed by atoms with E-state index in [-0.39, 0.29) is 11.7 Å². The number of halogens is 1. The Bertz CT molecular complexity index is 758. The highest BCUT2D eigenvalue weighted by atomic mass is 19.1. The molecule has 1 aromatic heterocycles. The van der Waals surface area contributed by atoms with E-state index in [1.165, 1.54) is 6.07 Å². The molecule has 1 atom stereocenters. The minimum absolute atomic E-state index is 0.119. The van der Waals surface area contributed by atoms with Gasteiger partial charge in [-0.05, 0) is 69.3 Å². The second kappa shape index (κ2) is 9.18. The van der Waals surface area contributed by atoms with Crippen LogP contribution in [0.1, 0.15) is 41.4 Å². The van der Waals surface area contributed by atoms with Crippen molar-refractivity contribution in [3.8, 4) is 0 Å². The molecule has 1 saturated heterocycles. The summed E-state index contributed by atoms with van der Waals surface area (Å²) in [5, 5.41) is 0. The Hall–Kier alpha value is -2.14. The lowest BCUT2D eigenvalue weighted by Gasteiger charge is -2.35. The largest absolute Gasteiger partial charge is 0.365 e. The van der Waals surface area contributed by atoms with Gasteiger partial charge < -0.3 is 14.8 Å². The number of carbonyl (C=O) groups is 1. The number of nitrogens with one attached hydrogen (secondary N) is 1. The molecule has 146 valence electrons. The van der Waals surface area contributed by atoms with Crippen molar-refractivity contribution in [2.24, 2.45) is 5.92 Å². The van der Waals surface area contributed by atoms with E-state index >= 15 is 0 Å². The highest BCUT2D eigenvalue weighted by Gasteiger charge is 2.25. The first-order valence-corrected chi connectivity index (χ1v) is 9.97. The van der Waals surface area contributed by atoms with Gasteiger partial charge in [-0.3, -0.25) is 4.79 Å². The number of hydrogen-bond donors (Lipinski definition) is 1. The van der Waals surface area contributed by atoms with E-state index in [1.54, 1.807) is 12.1 Å². The average molecular weight is 372 g/mol. The van der Waals surface area contributed by atoms with E-state index < -0.39 is 0 Å². The Kier molecular flexibility index (Phi) is 6.67. The number of aromatic amines is 1. The van der Waals surface area contributed by atoms with Crippen LogP contribution >= 0.6 is 0 Å². The molecule has 1 aliphatic rings. The van der Waals surface area contributed by atoms with Crippen molar-refractivity contribution < 1.29 is 9.18 Å². The Morgan fingerprint density at radius 1 is 1.37 bits per heavy atom. The molecule has 1 amide bonds. The highest BCUT2D eigenvalue weighted by molar-refractivity contribution is 5.95. The van der Waals surface area contributed by atoms with Gasteiger partial charge in [0, 0.05) is 38.1 Å². The number of aromatic nitrogens is 1. The van der Waals surface area contributed by atoms with Crippen molar-refractivity contribution >= 4 is 5.91 Å². The maximum absolute atomic E-state index is 13.3. The fourth-order valence-corrected chi connectivity index (χ4v) is 4.01. The molecule has 0 saturated carbocycles. The summed E-state index contributed by atoms with van der Waals surface area (Å²) in [6, 6.07) is 8.74. The summed E-state index contributed by atoms with van der Waals surface area (Å²) in [6.45, 7) is 8.55. The van der Waals surface area contributed by atoms with Crippen molar-refractivity contribution in [3.05, 3.63) is 59.2 Å². The van der Waals surface area contributed by atoms with E-state index in [1.807, 2.05) is 37.1 Å². The summed E-state index contributed by atoms with van der Waals surface area (Å²) in [7, 11) is 0. The van der Waals surface area contributed by atoms with Gasteiger partial charge in [0.1, 0.15) is 5.82 Å². The van der Waals surface area contributed by atoms with Gasteiger partial charge in [0.05, 0.1) is 5.56 Å². The molecule has 4 nitrogen and oxygen atoms in total. The zero-order valence-corrected chi connectivity index (χ0v) is 16.4. The number of benzene rings is 1. The Balaban J connectivity index is 1.54. The molecule has 5 heteroatoms. The number of aryl methyl sites for hydroxylation is 1. The summed E-state index contributed by atoms with van der Waals surface area (Å²) in [5.74, 6) is 0.448. The lowest BCUT2D eigenvalue weighted by molar-refractivity contribution is 0.0690. The van der Waals surface area contributed by atoms with E-state index in [9.17, 15) is 9.18 Å². The average Bonchev–Trinajstić information content (AvgIpc) is 3.10. The van der Waals surface area contributed by atoms with Crippen LogP contribution in [0.4, 0.5) is 4.39 Å². The third-order valence-electron chi connectivity index (χ3n) is 5.54. The smallest absolute Gasteiger partial charge is 0.255 e. The molecule has 1 aromatic carbocycles. The zero-order valence-electron chi connectivity index (χ0n) is 16.4. The summed E-state index contributed by atoms with van der Waals surface area (Å²) >= 11 is 0. The van der Waals surface area contributed by atoms with Crippen molar-refractivity contribution in [2.75, 3.05) is 32.7 Å². The van der Waals surface area contributed by atoms with Crippen LogP contribution in [-0.4, -0.2) is 53.4 Å². The van der Waals surface area contributed by atoms with Crippen LogP contribution < -0.4 is 0 Å². The maximum atomic E-state index is 13.3. The van der Waals surface area contributed by atoms with Gasteiger partial charge in [0.15, 0.2) is 0 Å². The number of likely N-dealkylation sites (tertiary alicyclic amines) is 1. The fourth-order valence-electron chi connectivity index (χ4n) is 4.01. The Morgan fingerprint density at radius 3 is 2.93 bits per heavy atom. The monoisotopic (exact) mass is 371 g/mol. The molecule has 1 N–H and O–H groups in total. The van der Waals surface area contributed by atoms with Crippen LogP contribution in [0.5, 0.6) is 0 Å². The first-order chi connectivity index (χ1) is 13.1. The summed E-state index contributed by atoms with van der Waals surface area (Å²) in [4.78, 5) is 20.3. The predicted molar refractivity (Wildman–Crippen MR) is 106 cm³/mol. The number of carbonyl (C=O) groups excluding carboxylic acids is 1. The lowest BCUT2D eigenvalue weighted by atomic mass is 9.96. The van der Waals surface area contributed by atoms with Crippen LogP contribution in [0, 0.1) is 18.7 Å². The maximum Gasteiger partial charge on any atom is 0.255 e. The minimum Gasteiger partial charge on any atom is -0.365 e. The zero-order chi connectivity index (χ0) is 19.2. The lowest BCUT2D eigenvalue weighted by Crippen LogP contribution is -2.43. The quantitative estimate of drug-likeness (QED) is 0.802. The normalized spacial score (nSPS) is 17.8. The third-order valence-corrected chi connectivity index (χ3v) is 5.54. The van der Waals surface area contributed by atoms with E-state index in [4.69, 9.17) is 0 Å². The molecular weight excluding hydrogens is 341 g/mol.